The lowest BCUT2D eigenvalue weighted by atomic mass is 10.0. The fraction of sp³-hybridized carbons (Fsp3) is 0.273. The Morgan fingerprint density at radius 2 is 1.93 bits per heavy atom. The predicted octanol–water partition coefficient (Wildman–Crippen LogP) is 5.07. The molecule has 1 amide bonds. The van der Waals surface area contributed by atoms with Crippen LogP contribution in [0.15, 0.2) is 48.7 Å². The summed E-state index contributed by atoms with van der Waals surface area (Å²) in [5.41, 5.74) is 2.28. The van der Waals surface area contributed by atoms with Gasteiger partial charge in [-0.25, -0.2) is 9.07 Å². The number of carbonyl (C=O) groups is 1. The number of aromatic nitrogens is 2. The van der Waals surface area contributed by atoms with Gasteiger partial charge in [-0.2, -0.15) is 5.10 Å². The van der Waals surface area contributed by atoms with Gasteiger partial charge in [-0.1, -0.05) is 25.4 Å². The number of nitrogens with one attached hydrogen (secondary N) is 1. The lowest BCUT2D eigenvalue weighted by Crippen LogP contribution is -2.15. The van der Waals surface area contributed by atoms with E-state index >= 15 is 0 Å². The fourth-order valence-corrected chi connectivity index (χ4v) is 3.13. The number of carbonyl (C=O) groups excluding carboxylic acids is 1. The number of hydrogen-bond acceptors (Lipinski definition) is 4. The van der Waals surface area contributed by atoms with Crippen LogP contribution < -0.4 is 10.1 Å². The Morgan fingerprint density at radius 1 is 1.20 bits per heavy atom. The van der Waals surface area contributed by atoms with Crippen LogP contribution in [0, 0.1) is 5.82 Å². The molecule has 0 aliphatic rings. The summed E-state index contributed by atoms with van der Waals surface area (Å²) >= 11 is 5.97. The van der Waals surface area contributed by atoms with Crippen molar-refractivity contribution in [3.63, 3.8) is 0 Å². The van der Waals surface area contributed by atoms with Gasteiger partial charge < -0.3 is 14.8 Å². The summed E-state index contributed by atoms with van der Waals surface area (Å²) in [6.07, 6.45) is 1.51. The summed E-state index contributed by atoms with van der Waals surface area (Å²) in [5, 5.41) is 7.73. The largest absolute Gasteiger partial charge is 0.488 e. The van der Waals surface area contributed by atoms with E-state index in [0.717, 1.165) is 11.4 Å². The molecule has 1 heterocycles. The quantitative estimate of drug-likeness (QED) is 0.506. The molecule has 30 heavy (non-hydrogen) atoms. The van der Waals surface area contributed by atoms with Crippen LogP contribution in [-0.2, 0) is 4.74 Å². The summed E-state index contributed by atoms with van der Waals surface area (Å²) in [4.78, 5) is 12.9. The Hall–Kier alpha value is -2.90. The molecule has 0 fully saturated rings. The normalized spacial score (nSPS) is 11.0. The van der Waals surface area contributed by atoms with Crippen molar-refractivity contribution < 1.29 is 18.7 Å². The maximum Gasteiger partial charge on any atom is 0.259 e. The van der Waals surface area contributed by atoms with Crippen LogP contribution in [0.25, 0.3) is 5.69 Å². The lowest BCUT2D eigenvalue weighted by molar-refractivity contribution is 0.102. The van der Waals surface area contributed by atoms with Crippen molar-refractivity contribution >= 4 is 23.2 Å². The molecule has 6 nitrogen and oxygen atoms in total. The van der Waals surface area contributed by atoms with Gasteiger partial charge in [-0.05, 0) is 42.3 Å². The Morgan fingerprint density at radius 3 is 2.57 bits per heavy atom. The van der Waals surface area contributed by atoms with Crippen molar-refractivity contribution in [2.45, 2.75) is 19.8 Å². The molecule has 158 valence electrons. The second-order valence-corrected chi connectivity index (χ2v) is 7.36. The number of methoxy groups -OCH3 is 1. The molecule has 0 aliphatic heterocycles. The highest BCUT2D eigenvalue weighted by Gasteiger charge is 2.21. The van der Waals surface area contributed by atoms with Gasteiger partial charge >= 0.3 is 0 Å². The van der Waals surface area contributed by atoms with Crippen molar-refractivity contribution in [3.8, 4) is 11.4 Å². The first-order valence-electron chi connectivity index (χ1n) is 9.47. The summed E-state index contributed by atoms with van der Waals surface area (Å²) in [7, 11) is 1.54. The summed E-state index contributed by atoms with van der Waals surface area (Å²) in [6, 6.07) is 11.5. The second-order valence-electron chi connectivity index (χ2n) is 6.93. The predicted molar refractivity (Wildman–Crippen MR) is 114 cm³/mol. The van der Waals surface area contributed by atoms with Crippen molar-refractivity contribution in [1.29, 1.82) is 0 Å². The highest BCUT2D eigenvalue weighted by molar-refractivity contribution is 6.30. The molecule has 8 heteroatoms. The SMILES string of the molecule is COCCOc1ccc(NC(=O)c2cnn(-c3ccc(Cl)cc3)c2C(C)C)cc1F. The molecule has 3 aromatic rings. The van der Waals surface area contributed by atoms with Crippen LogP contribution in [0.1, 0.15) is 35.8 Å². The number of benzene rings is 2. The van der Waals surface area contributed by atoms with E-state index in [1.54, 1.807) is 30.0 Å². The van der Waals surface area contributed by atoms with Crippen LogP contribution in [0.5, 0.6) is 5.75 Å². The van der Waals surface area contributed by atoms with Gasteiger partial charge in [0.05, 0.1) is 29.7 Å². The number of anilines is 1. The second kappa shape index (κ2) is 9.73. The molecule has 0 radical (unpaired) electrons. The average Bonchev–Trinajstić information content (AvgIpc) is 3.16. The zero-order valence-electron chi connectivity index (χ0n) is 17.0. The first kappa shape index (κ1) is 21.8. The summed E-state index contributed by atoms with van der Waals surface area (Å²) in [5.74, 6) is -0.808. The molecule has 0 atom stereocenters. The molecule has 2 aromatic carbocycles. The van der Waals surface area contributed by atoms with Crippen molar-refractivity contribution in [2.75, 3.05) is 25.6 Å². The number of nitrogens with zero attached hydrogens (tertiary/aromatic N) is 2. The maximum atomic E-state index is 14.3. The van der Waals surface area contributed by atoms with E-state index in [2.05, 4.69) is 10.4 Å². The van der Waals surface area contributed by atoms with Gasteiger partial charge in [0.15, 0.2) is 11.6 Å². The highest BCUT2D eigenvalue weighted by Crippen LogP contribution is 2.26. The first-order chi connectivity index (χ1) is 14.4. The number of rotatable bonds is 8. The van der Waals surface area contributed by atoms with Crippen LogP contribution in [0.4, 0.5) is 10.1 Å². The first-order valence-corrected chi connectivity index (χ1v) is 9.85. The van der Waals surface area contributed by atoms with Crippen LogP contribution in [-0.4, -0.2) is 36.0 Å². The molecule has 1 aromatic heterocycles. The maximum absolute atomic E-state index is 14.3. The number of hydrogen-bond donors (Lipinski definition) is 1. The molecule has 1 N–H and O–H groups in total. The molecule has 0 bridgehead atoms. The minimum atomic E-state index is -0.565. The van der Waals surface area contributed by atoms with Gasteiger partial charge in [0.2, 0.25) is 0 Å². The molecule has 3 rings (SSSR count). The monoisotopic (exact) mass is 431 g/mol. The standard InChI is InChI=1S/C22H23ClFN3O3/c1-14(2)21-18(13-25-27(21)17-7-4-15(23)5-8-17)22(28)26-16-6-9-20(19(24)12-16)30-11-10-29-3/h4-9,12-14H,10-11H2,1-3H3,(H,26,28). The lowest BCUT2D eigenvalue weighted by Gasteiger charge is -2.13. The Balaban J connectivity index is 1.82. The third kappa shape index (κ3) is 4.98. The van der Waals surface area contributed by atoms with Crippen molar-refractivity contribution in [2.24, 2.45) is 0 Å². The van der Waals surface area contributed by atoms with Crippen LogP contribution in [0.3, 0.4) is 0 Å². The molecule has 0 saturated heterocycles. The van der Waals surface area contributed by atoms with E-state index in [9.17, 15) is 9.18 Å². The molecule has 0 unspecified atom stereocenters. The molecule has 0 saturated carbocycles. The van der Waals surface area contributed by atoms with Gasteiger partial charge in [0.1, 0.15) is 6.61 Å². The number of amides is 1. The Labute approximate surface area is 179 Å². The smallest absolute Gasteiger partial charge is 0.259 e. The zero-order valence-corrected chi connectivity index (χ0v) is 17.7. The van der Waals surface area contributed by atoms with Gasteiger partial charge in [-0.3, -0.25) is 4.79 Å². The Bertz CT molecular complexity index is 1020. The third-order valence-corrected chi connectivity index (χ3v) is 4.66. The average molecular weight is 432 g/mol. The molecule has 0 aliphatic carbocycles. The zero-order chi connectivity index (χ0) is 21.7. The van der Waals surface area contributed by atoms with Crippen molar-refractivity contribution in [3.05, 3.63) is 70.8 Å². The minimum absolute atomic E-state index is 0.0252. The van der Waals surface area contributed by atoms with E-state index in [0.29, 0.717) is 22.9 Å². The van der Waals surface area contributed by atoms with E-state index in [1.165, 1.54) is 18.3 Å². The molecular weight excluding hydrogens is 409 g/mol. The van der Waals surface area contributed by atoms with Crippen LogP contribution >= 0.6 is 11.6 Å². The fourth-order valence-electron chi connectivity index (χ4n) is 3.01. The van der Waals surface area contributed by atoms with Gasteiger partial charge in [-0.15, -0.1) is 0 Å². The number of halogens is 2. The highest BCUT2D eigenvalue weighted by atomic mass is 35.5. The molecule has 0 spiro atoms. The number of ether oxygens (including phenoxy) is 2. The van der Waals surface area contributed by atoms with Gasteiger partial charge in [0.25, 0.3) is 5.91 Å². The van der Waals surface area contributed by atoms with E-state index in [1.807, 2.05) is 26.0 Å². The third-order valence-electron chi connectivity index (χ3n) is 4.40. The summed E-state index contributed by atoms with van der Waals surface area (Å²) < 4.78 is 26.1. The molecular formula is C22H23ClFN3O3. The van der Waals surface area contributed by atoms with Gasteiger partial charge in [0, 0.05) is 23.9 Å². The Kier molecular flexibility index (Phi) is 7.07. The van der Waals surface area contributed by atoms with E-state index < -0.39 is 5.82 Å². The van der Waals surface area contributed by atoms with E-state index in [4.69, 9.17) is 21.1 Å². The summed E-state index contributed by atoms with van der Waals surface area (Å²) in [6.45, 7) is 4.55. The van der Waals surface area contributed by atoms with E-state index in [-0.39, 0.29) is 24.2 Å². The topological polar surface area (TPSA) is 65.4 Å². The van der Waals surface area contributed by atoms with Crippen LogP contribution in [0.2, 0.25) is 5.02 Å². The minimum Gasteiger partial charge on any atom is -0.488 e. The van der Waals surface area contributed by atoms with Crippen molar-refractivity contribution in [1.82, 2.24) is 9.78 Å².